The van der Waals surface area contributed by atoms with E-state index < -0.39 is 5.41 Å². The van der Waals surface area contributed by atoms with Gasteiger partial charge in [0.1, 0.15) is 5.58 Å². The summed E-state index contributed by atoms with van der Waals surface area (Å²) in [5.41, 5.74) is 12.7. The number of fused-ring (bicyclic) bond motifs is 3. The van der Waals surface area contributed by atoms with Crippen molar-refractivity contribution in [1.29, 1.82) is 0 Å². The first-order valence-electron chi connectivity index (χ1n) is 13.5. The minimum atomic E-state index is -0.414. The number of aryl methyl sites for hydroxylation is 5. The van der Waals surface area contributed by atoms with E-state index in [1.165, 1.54) is 11.1 Å². The molecule has 4 heteroatoms. The molecule has 4 aromatic heterocycles. The minimum absolute atomic E-state index is 0.414. The third-order valence-electron chi connectivity index (χ3n) is 7.58. The lowest BCUT2D eigenvalue weighted by molar-refractivity contribution is 0.595. The summed E-state index contributed by atoms with van der Waals surface area (Å²) in [5, 5.41) is 2.16. The van der Waals surface area contributed by atoms with Gasteiger partial charge in [-0.05, 0) is 113 Å². The van der Waals surface area contributed by atoms with Gasteiger partial charge < -0.3 is 4.42 Å². The van der Waals surface area contributed by atoms with Crippen LogP contribution in [0.25, 0.3) is 44.6 Å². The molecule has 0 aliphatic rings. The van der Waals surface area contributed by atoms with E-state index in [4.69, 9.17) is 19.4 Å². The van der Waals surface area contributed by atoms with Crippen LogP contribution >= 0.6 is 0 Å². The fourth-order valence-electron chi connectivity index (χ4n) is 5.56. The third-order valence-corrected chi connectivity index (χ3v) is 7.58. The predicted octanol–water partition coefficient (Wildman–Crippen LogP) is 8.97. The van der Waals surface area contributed by atoms with Gasteiger partial charge in [-0.2, -0.15) is 0 Å². The summed E-state index contributed by atoms with van der Waals surface area (Å²) in [5.74, 6) is 0. The molecule has 4 heterocycles. The van der Waals surface area contributed by atoms with Crippen molar-refractivity contribution in [3.63, 3.8) is 0 Å². The van der Waals surface area contributed by atoms with E-state index >= 15 is 0 Å². The second-order valence-corrected chi connectivity index (χ2v) is 11.4. The highest BCUT2D eigenvalue weighted by Gasteiger charge is 2.29. The van der Waals surface area contributed by atoms with Crippen molar-refractivity contribution in [2.45, 2.75) is 53.9 Å². The van der Waals surface area contributed by atoms with Gasteiger partial charge in [-0.15, -0.1) is 0 Å². The number of benzene rings is 2. The first kappa shape index (κ1) is 25.0. The molecule has 4 nitrogen and oxygen atoms in total. The van der Waals surface area contributed by atoms with Crippen molar-refractivity contribution in [3.8, 4) is 22.5 Å². The zero-order valence-electron chi connectivity index (χ0n) is 23.7. The minimum Gasteiger partial charge on any atom is -0.437 e. The second-order valence-electron chi connectivity index (χ2n) is 11.4. The number of rotatable bonds is 4. The van der Waals surface area contributed by atoms with E-state index in [2.05, 4.69) is 108 Å². The Balaban J connectivity index is 1.53. The van der Waals surface area contributed by atoms with Gasteiger partial charge in [-0.25, -0.2) is 4.98 Å². The molecule has 0 saturated carbocycles. The van der Waals surface area contributed by atoms with Crippen LogP contribution in [0.2, 0.25) is 0 Å². The van der Waals surface area contributed by atoms with Crippen molar-refractivity contribution in [2.75, 3.05) is 0 Å². The van der Waals surface area contributed by atoms with E-state index in [0.717, 1.165) is 67.1 Å². The van der Waals surface area contributed by atoms with Crippen molar-refractivity contribution >= 4 is 22.1 Å². The molecule has 0 aliphatic carbocycles. The summed E-state index contributed by atoms with van der Waals surface area (Å²) in [7, 11) is 0. The molecule has 0 fully saturated rings. The fourth-order valence-corrected chi connectivity index (χ4v) is 5.56. The number of furan rings is 1. The number of aromatic nitrogens is 3. The quantitative estimate of drug-likeness (QED) is 0.237. The summed E-state index contributed by atoms with van der Waals surface area (Å²) >= 11 is 0. The third kappa shape index (κ3) is 4.40. The Morgan fingerprint density at radius 1 is 0.641 bits per heavy atom. The Morgan fingerprint density at radius 2 is 1.26 bits per heavy atom. The van der Waals surface area contributed by atoms with Crippen LogP contribution in [0.15, 0.2) is 77.2 Å². The molecule has 0 N–H and O–H groups in total. The monoisotopic (exact) mass is 511 g/mol. The first-order chi connectivity index (χ1) is 18.6. The molecule has 6 aromatic rings. The van der Waals surface area contributed by atoms with Gasteiger partial charge in [0.15, 0.2) is 0 Å². The zero-order chi connectivity index (χ0) is 27.5. The van der Waals surface area contributed by atoms with Gasteiger partial charge in [-0.1, -0.05) is 30.3 Å². The maximum absolute atomic E-state index is 6.42. The van der Waals surface area contributed by atoms with Crippen LogP contribution in [-0.4, -0.2) is 15.0 Å². The van der Waals surface area contributed by atoms with Crippen LogP contribution < -0.4 is 0 Å². The lowest BCUT2D eigenvalue weighted by Crippen LogP contribution is -2.23. The molecule has 0 bridgehead atoms. The highest BCUT2D eigenvalue weighted by Crippen LogP contribution is 2.39. The van der Waals surface area contributed by atoms with Crippen LogP contribution in [0.4, 0.5) is 0 Å². The SMILES string of the molecule is Cc1cc(-c2ccccc2)nc(C(C)(C)c2cc(C)cc(-c3cc(C)cc4c3oc3nc(C)cc(C)c34)n2)c1. The molecular formula is C35H33N3O. The van der Waals surface area contributed by atoms with Crippen LogP contribution in [0.3, 0.4) is 0 Å². The van der Waals surface area contributed by atoms with Crippen molar-refractivity contribution in [1.82, 2.24) is 15.0 Å². The van der Waals surface area contributed by atoms with E-state index in [1.54, 1.807) is 0 Å². The molecular weight excluding hydrogens is 478 g/mol. The van der Waals surface area contributed by atoms with Gasteiger partial charge >= 0.3 is 0 Å². The number of nitrogens with zero attached hydrogens (tertiary/aromatic N) is 3. The van der Waals surface area contributed by atoms with E-state index in [-0.39, 0.29) is 0 Å². The molecule has 0 unspecified atom stereocenters. The Hall–Kier alpha value is -4.31. The molecule has 0 saturated heterocycles. The largest absolute Gasteiger partial charge is 0.437 e. The first-order valence-corrected chi connectivity index (χ1v) is 13.5. The van der Waals surface area contributed by atoms with Crippen molar-refractivity contribution < 1.29 is 4.42 Å². The van der Waals surface area contributed by atoms with Crippen LogP contribution in [0, 0.1) is 34.6 Å². The Kier molecular flexibility index (Phi) is 5.87. The summed E-state index contributed by atoms with van der Waals surface area (Å²) in [6.07, 6.45) is 0. The molecule has 39 heavy (non-hydrogen) atoms. The van der Waals surface area contributed by atoms with Crippen molar-refractivity contribution in [2.24, 2.45) is 0 Å². The van der Waals surface area contributed by atoms with E-state index in [0.29, 0.717) is 5.71 Å². The molecule has 194 valence electrons. The summed E-state index contributed by atoms with van der Waals surface area (Å²) in [6.45, 7) is 14.9. The number of hydrogen-bond donors (Lipinski definition) is 0. The number of hydrogen-bond acceptors (Lipinski definition) is 4. The van der Waals surface area contributed by atoms with Gasteiger partial charge in [0.25, 0.3) is 0 Å². The molecule has 0 atom stereocenters. The van der Waals surface area contributed by atoms with E-state index in [1.807, 2.05) is 13.0 Å². The van der Waals surface area contributed by atoms with Gasteiger partial charge in [0, 0.05) is 27.6 Å². The van der Waals surface area contributed by atoms with Gasteiger partial charge in [0.05, 0.1) is 28.2 Å². The van der Waals surface area contributed by atoms with Crippen LogP contribution in [0.1, 0.15) is 53.2 Å². The summed E-state index contributed by atoms with van der Waals surface area (Å²) < 4.78 is 6.42. The zero-order valence-corrected chi connectivity index (χ0v) is 23.7. The lowest BCUT2D eigenvalue weighted by atomic mass is 9.83. The summed E-state index contributed by atoms with van der Waals surface area (Å²) in [4.78, 5) is 15.1. The topological polar surface area (TPSA) is 51.8 Å². The fraction of sp³-hybridized carbons (Fsp3) is 0.229. The predicted molar refractivity (Wildman–Crippen MR) is 160 cm³/mol. The molecule has 2 aromatic carbocycles. The highest BCUT2D eigenvalue weighted by atomic mass is 16.3. The molecule has 0 aliphatic heterocycles. The van der Waals surface area contributed by atoms with Gasteiger partial charge in [0.2, 0.25) is 5.71 Å². The summed E-state index contributed by atoms with van der Waals surface area (Å²) in [6, 6.07) is 25.5. The molecule has 0 amide bonds. The van der Waals surface area contributed by atoms with Crippen LogP contribution in [0.5, 0.6) is 0 Å². The average Bonchev–Trinajstić information content (AvgIpc) is 3.26. The molecule has 0 spiro atoms. The standard InChI is InChI=1S/C35H33N3O/c1-20-13-26(33-27(14-20)32-23(4)19-24(5)36-34(32)39-33)29-16-22(3)18-31(38-29)35(6,7)30-17-21(2)15-28(37-30)25-11-9-8-10-12-25/h8-19H,1-7H3. The number of pyridine rings is 3. The maximum atomic E-state index is 6.42. The van der Waals surface area contributed by atoms with E-state index in [9.17, 15) is 0 Å². The smallest absolute Gasteiger partial charge is 0.227 e. The highest BCUT2D eigenvalue weighted by molar-refractivity contribution is 6.10. The molecule has 0 radical (unpaired) electrons. The average molecular weight is 512 g/mol. The lowest BCUT2D eigenvalue weighted by Gasteiger charge is -2.26. The normalized spacial score (nSPS) is 12.0. The van der Waals surface area contributed by atoms with Crippen LogP contribution in [-0.2, 0) is 5.41 Å². The second kappa shape index (κ2) is 9.16. The molecule has 6 rings (SSSR count). The Labute approximate surface area is 229 Å². The van der Waals surface area contributed by atoms with Crippen molar-refractivity contribution in [3.05, 3.63) is 112 Å². The Morgan fingerprint density at radius 3 is 1.95 bits per heavy atom. The maximum Gasteiger partial charge on any atom is 0.227 e. The van der Waals surface area contributed by atoms with Gasteiger partial charge in [-0.3, -0.25) is 9.97 Å². The Bertz CT molecular complexity index is 1880.